The van der Waals surface area contributed by atoms with Gasteiger partial charge in [-0.05, 0) is 12.8 Å². The number of hydrogen-bond acceptors (Lipinski definition) is 21. The first-order valence-electron chi connectivity index (χ1n) is 21.9. The van der Waals surface area contributed by atoms with E-state index in [1.165, 1.54) is 0 Å². The van der Waals surface area contributed by atoms with E-state index >= 15 is 0 Å². The van der Waals surface area contributed by atoms with Gasteiger partial charge in [0, 0.05) is 42.9 Å². The van der Waals surface area contributed by atoms with Crippen molar-refractivity contribution in [3.63, 3.8) is 0 Å². The van der Waals surface area contributed by atoms with E-state index in [0.717, 1.165) is 25.0 Å². The molecule has 3 amide bonds. The molecule has 368 valence electrons. The van der Waals surface area contributed by atoms with Gasteiger partial charge in [0.1, 0.15) is 0 Å². The molecule has 3 atom stereocenters. The zero-order valence-electron chi connectivity index (χ0n) is 36.9. The van der Waals surface area contributed by atoms with E-state index in [0.29, 0.717) is 169 Å². The zero-order chi connectivity index (χ0) is 45.3. The number of hydrogen-bond donors (Lipinski definition) is 4. The fourth-order valence-electron chi connectivity index (χ4n) is 5.57. The summed E-state index contributed by atoms with van der Waals surface area (Å²) in [6, 6.07) is -0.118. The average Bonchev–Trinajstić information content (AvgIpc) is 3.80. The molecular weight excluding hydrogens is 857 g/mol. The average molecular weight is 931 g/mol. The molecule has 2 rings (SSSR count). The molecule has 0 unspecified atom stereocenters. The van der Waals surface area contributed by atoms with Crippen LogP contribution in [0.25, 0.3) is 0 Å². The second-order valence-electron chi connectivity index (χ2n) is 13.9. The van der Waals surface area contributed by atoms with Crippen molar-refractivity contribution in [1.29, 1.82) is 0 Å². The number of amides is 3. The maximum absolute atomic E-state index is 12.0. The van der Waals surface area contributed by atoms with Crippen molar-refractivity contribution in [2.24, 2.45) is 5.73 Å². The van der Waals surface area contributed by atoms with E-state index in [1.54, 1.807) is 11.8 Å². The molecule has 0 radical (unpaired) electrons. The second-order valence-corrected chi connectivity index (χ2v) is 15.2. The first-order chi connectivity index (χ1) is 30.9. The molecule has 2 fully saturated rings. The Morgan fingerprint density at radius 1 is 0.556 bits per heavy atom. The molecule has 2 saturated heterocycles. The summed E-state index contributed by atoms with van der Waals surface area (Å²) in [6.45, 7) is 10.6. The number of unbranched alkanes of at least 4 members (excludes halogenated alkanes) is 1. The summed E-state index contributed by atoms with van der Waals surface area (Å²) < 4.78 is 65.5. The van der Waals surface area contributed by atoms with Gasteiger partial charge in [0.25, 0.3) is 11.8 Å². The summed E-state index contributed by atoms with van der Waals surface area (Å²) in [5.74, 6) is -0.905. The maximum atomic E-state index is 12.0. The van der Waals surface area contributed by atoms with Crippen LogP contribution in [0, 0.1) is 0 Å². The van der Waals surface area contributed by atoms with Crippen molar-refractivity contribution in [2.75, 3.05) is 171 Å². The number of nitrogens with one attached hydrogen (secondary N) is 2. The zero-order valence-corrected chi connectivity index (χ0v) is 37.7. The number of imide groups is 1. The predicted molar refractivity (Wildman–Crippen MR) is 226 cm³/mol. The van der Waals surface area contributed by atoms with Gasteiger partial charge in [-0.25, -0.2) is 10.3 Å². The highest BCUT2D eigenvalue weighted by Gasteiger charge is 2.34. The summed E-state index contributed by atoms with van der Waals surface area (Å²) in [6.07, 6.45) is 3.20. The lowest BCUT2D eigenvalue weighted by molar-refractivity contribution is -0.198. The van der Waals surface area contributed by atoms with Crippen molar-refractivity contribution < 1.29 is 86.1 Å². The van der Waals surface area contributed by atoms with E-state index in [9.17, 15) is 19.2 Å². The van der Waals surface area contributed by atoms with Crippen molar-refractivity contribution in [1.82, 2.24) is 15.9 Å². The molecule has 63 heavy (non-hydrogen) atoms. The Morgan fingerprint density at radius 2 is 0.921 bits per heavy atom. The number of hydroxylamine groups is 3. The largest absolute Gasteiger partial charge is 0.378 e. The summed E-state index contributed by atoms with van der Waals surface area (Å²) in [4.78, 5) is 51.3. The van der Waals surface area contributed by atoms with Crippen LogP contribution in [0.5, 0.6) is 0 Å². The van der Waals surface area contributed by atoms with E-state index in [4.69, 9.17) is 72.6 Å². The van der Waals surface area contributed by atoms with Crippen molar-refractivity contribution in [3.05, 3.63) is 0 Å². The van der Waals surface area contributed by atoms with Gasteiger partial charge < -0.3 is 77.9 Å². The Kier molecular flexibility index (Phi) is 37.3. The molecule has 2 aliphatic rings. The highest BCUT2D eigenvalue weighted by Crippen LogP contribution is 2.29. The van der Waals surface area contributed by atoms with Gasteiger partial charge in [0.05, 0.1) is 171 Å². The topological polar surface area (TPSA) is 262 Å². The Bertz CT molecular complexity index is 1140. The molecule has 5 N–H and O–H groups in total. The van der Waals surface area contributed by atoms with Crippen LogP contribution < -0.4 is 16.5 Å². The molecule has 0 bridgehead atoms. The quantitative estimate of drug-likeness (QED) is 0.0345. The molecule has 2 aliphatic heterocycles. The van der Waals surface area contributed by atoms with E-state index < -0.39 is 17.8 Å². The molecule has 0 aliphatic carbocycles. The highest BCUT2D eigenvalue weighted by molar-refractivity contribution is 8.00. The molecule has 2 heterocycles. The molecule has 23 heteroatoms. The normalized spacial score (nSPS) is 17.6. The standard InChI is InChI=1S/C40H74N4O18S/c41-40-34(43-49)33-63-35(40)3-1-2-4-36(45)42-8-10-51-12-14-53-16-18-55-20-22-57-24-26-59-28-30-61-32-31-60-29-27-58-25-23-56-21-19-54-17-15-52-13-11-50-9-7-39(48)62-44-37(46)5-6-38(44)47/h34-35,40,43,49H,1-33,41H2,(H,42,45)/t34-,35-,40-/m0/s1. The van der Waals surface area contributed by atoms with Crippen LogP contribution in [0.1, 0.15) is 44.9 Å². The van der Waals surface area contributed by atoms with Crippen LogP contribution in [-0.2, 0) is 80.9 Å². The first kappa shape index (κ1) is 57.0. The lowest BCUT2D eigenvalue weighted by Gasteiger charge is -2.18. The van der Waals surface area contributed by atoms with Crippen LogP contribution in [0.2, 0.25) is 0 Å². The molecule has 22 nitrogen and oxygen atoms in total. The smallest absolute Gasteiger partial charge is 0.335 e. The van der Waals surface area contributed by atoms with Crippen LogP contribution >= 0.6 is 11.8 Å². The van der Waals surface area contributed by atoms with Gasteiger partial charge >= 0.3 is 5.97 Å². The minimum atomic E-state index is -0.704. The van der Waals surface area contributed by atoms with Gasteiger partial charge in [-0.1, -0.05) is 6.42 Å². The first-order valence-corrected chi connectivity index (χ1v) is 23.0. The number of rotatable bonds is 46. The number of carbonyl (C=O) groups is 4. The summed E-state index contributed by atoms with van der Waals surface area (Å²) >= 11 is 1.77. The van der Waals surface area contributed by atoms with Crippen LogP contribution in [0.4, 0.5) is 0 Å². The van der Waals surface area contributed by atoms with Crippen LogP contribution in [-0.4, -0.2) is 222 Å². The number of thioether (sulfide) groups is 1. The SMILES string of the molecule is N[C@H]1[C@@H](NO)CS[C@H]1CCCCC(=O)NCCOCCOCCOCCOCCOCCOCCOCCOCCOCCOCCOCCOCCC(=O)ON1C(=O)CCC1=O. The van der Waals surface area contributed by atoms with Crippen LogP contribution in [0.15, 0.2) is 0 Å². The number of ether oxygens (including phenoxy) is 12. The lowest BCUT2D eigenvalue weighted by Crippen LogP contribution is -2.45. The van der Waals surface area contributed by atoms with Gasteiger partial charge in [0.2, 0.25) is 5.91 Å². The fourth-order valence-corrected chi connectivity index (χ4v) is 7.07. The molecule has 0 saturated carbocycles. The van der Waals surface area contributed by atoms with Gasteiger partial charge in [0.15, 0.2) is 0 Å². The van der Waals surface area contributed by atoms with E-state index in [1.807, 2.05) is 0 Å². The molecule has 0 spiro atoms. The summed E-state index contributed by atoms with van der Waals surface area (Å²) in [5, 5.41) is 12.8. The van der Waals surface area contributed by atoms with Gasteiger partial charge in [-0.2, -0.15) is 11.8 Å². The summed E-state index contributed by atoms with van der Waals surface area (Å²) in [5.41, 5.74) is 8.40. The third-order valence-corrected chi connectivity index (χ3v) is 10.5. The third-order valence-electron chi connectivity index (χ3n) is 9.00. The Hall–Kier alpha value is -2.17. The van der Waals surface area contributed by atoms with Crippen molar-refractivity contribution in [3.8, 4) is 0 Å². The minimum absolute atomic E-state index is 0.0210. The molecule has 0 aromatic heterocycles. The van der Waals surface area contributed by atoms with E-state index in [2.05, 4.69) is 10.8 Å². The van der Waals surface area contributed by atoms with Crippen molar-refractivity contribution >= 4 is 35.5 Å². The second kappa shape index (κ2) is 41.3. The number of nitrogens with two attached hydrogens (primary N) is 1. The predicted octanol–water partition coefficient (Wildman–Crippen LogP) is -0.350. The minimum Gasteiger partial charge on any atom is -0.378 e. The van der Waals surface area contributed by atoms with Crippen LogP contribution in [0.3, 0.4) is 0 Å². The third kappa shape index (κ3) is 32.2. The lowest BCUT2D eigenvalue weighted by atomic mass is 10.0. The van der Waals surface area contributed by atoms with E-state index in [-0.39, 0.29) is 50.5 Å². The highest BCUT2D eigenvalue weighted by atomic mass is 32.2. The maximum Gasteiger partial charge on any atom is 0.335 e. The molecule has 0 aromatic carbocycles. The summed E-state index contributed by atoms with van der Waals surface area (Å²) in [7, 11) is 0. The van der Waals surface area contributed by atoms with Gasteiger partial charge in [-0.3, -0.25) is 14.4 Å². The Labute approximate surface area is 375 Å². The van der Waals surface area contributed by atoms with Crippen molar-refractivity contribution in [2.45, 2.75) is 62.3 Å². The molecular formula is C40H74N4O18S. The van der Waals surface area contributed by atoms with Gasteiger partial charge in [-0.15, -0.1) is 5.06 Å². The number of carbonyl (C=O) groups excluding carboxylic acids is 4. The fraction of sp³-hybridized carbons (Fsp3) is 0.900. The Morgan fingerprint density at radius 3 is 1.29 bits per heavy atom. The molecule has 0 aromatic rings. The monoisotopic (exact) mass is 930 g/mol. The number of nitrogens with zero attached hydrogens (tertiary/aromatic N) is 1. The Balaban J connectivity index is 1.14.